The van der Waals surface area contributed by atoms with Crippen LogP contribution >= 0.6 is 0 Å². The highest BCUT2D eigenvalue weighted by Crippen LogP contribution is 2.47. The predicted molar refractivity (Wildman–Crippen MR) is 87.1 cm³/mol. The predicted octanol–water partition coefficient (Wildman–Crippen LogP) is 5.50. The number of hydrogen-bond donors (Lipinski definition) is 0. The van der Waals surface area contributed by atoms with Gasteiger partial charge in [-0.3, -0.25) is 4.79 Å². The Morgan fingerprint density at radius 1 is 1.19 bits per heavy atom. The van der Waals surface area contributed by atoms with E-state index in [4.69, 9.17) is 4.74 Å². The molecule has 0 heterocycles. The molecule has 2 fully saturated rings. The number of hydrogen-bond acceptors (Lipinski definition) is 2. The van der Waals surface area contributed by atoms with Crippen molar-refractivity contribution in [2.24, 2.45) is 17.8 Å². The van der Waals surface area contributed by atoms with Crippen molar-refractivity contribution < 1.29 is 9.53 Å². The molecule has 2 aliphatic rings. The molecule has 0 bridgehead atoms. The van der Waals surface area contributed by atoms with Gasteiger partial charge in [0.25, 0.3) is 0 Å². The minimum absolute atomic E-state index is 0.0443. The number of ether oxygens (including phenoxy) is 1. The fourth-order valence-electron chi connectivity index (χ4n) is 4.31. The summed E-state index contributed by atoms with van der Waals surface area (Å²) in [4.78, 5) is 12.3. The summed E-state index contributed by atoms with van der Waals surface area (Å²) in [7, 11) is 0. The summed E-state index contributed by atoms with van der Waals surface area (Å²) in [5.74, 6) is 1.82. The Labute approximate surface area is 131 Å². The normalized spacial score (nSPS) is 34.0. The van der Waals surface area contributed by atoms with Crippen LogP contribution in [0.5, 0.6) is 0 Å². The summed E-state index contributed by atoms with van der Waals surface area (Å²) < 4.78 is 6.14. The van der Waals surface area contributed by atoms with Gasteiger partial charge in [-0.25, -0.2) is 0 Å². The first-order valence-electron chi connectivity index (χ1n) is 9.33. The highest BCUT2D eigenvalue weighted by atomic mass is 16.6. The quantitative estimate of drug-likeness (QED) is 0.605. The molecule has 2 rings (SSSR count). The van der Waals surface area contributed by atoms with E-state index in [0.29, 0.717) is 0 Å². The maximum atomic E-state index is 12.3. The average molecular weight is 294 g/mol. The zero-order valence-corrected chi connectivity index (χ0v) is 14.3. The van der Waals surface area contributed by atoms with E-state index in [1.165, 1.54) is 44.9 Å². The lowest BCUT2D eigenvalue weighted by atomic mass is 9.64. The van der Waals surface area contributed by atoms with Gasteiger partial charge in [0.2, 0.25) is 0 Å². The van der Waals surface area contributed by atoms with Crippen LogP contribution in [0.3, 0.4) is 0 Å². The molecule has 0 radical (unpaired) electrons. The summed E-state index contributed by atoms with van der Waals surface area (Å²) in [6.07, 6.45) is 13.4. The Morgan fingerprint density at radius 2 is 1.90 bits per heavy atom. The lowest BCUT2D eigenvalue weighted by molar-refractivity contribution is -0.174. The van der Waals surface area contributed by atoms with E-state index in [-0.39, 0.29) is 17.5 Å². The summed E-state index contributed by atoms with van der Waals surface area (Å²) in [5.41, 5.74) is -0.130. The second kappa shape index (κ2) is 7.65. The van der Waals surface area contributed by atoms with Crippen LogP contribution in [0.1, 0.15) is 91.4 Å². The summed E-state index contributed by atoms with van der Waals surface area (Å²) in [6, 6.07) is 0. The van der Waals surface area contributed by atoms with Crippen molar-refractivity contribution in [2.45, 2.75) is 97.0 Å². The number of carbonyl (C=O) groups excluding carboxylic acids is 1. The molecular weight excluding hydrogens is 260 g/mol. The number of unbranched alkanes of at least 4 members (excludes halogenated alkanes) is 1. The molecular formula is C19H34O2. The van der Waals surface area contributed by atoms with Crippen LogP contribution in [-0.4, -0.2) is 11.6 Å². The standard InChI is InChI=1S/C19H34O2/c1-4-6-12-19(21-18(20)15(3)5-2)13-11-16-9-7-8-10-17(16)14-19/h15-17H,4-14H2,1-3H3. The molecule has 0 N–H and O–H groups in total. The molecule has 0 spiro atoms. The monoisotopic (exact) mass is 294 g/mol. The van der Waals surface area contributed by atoms with Gasteiger partial charge in [-0.15, -0.1) is 0 Å². The molecule has 122 valence electrons. The van der Waals surface area contributed by atoms with Gasteiger partial charge in [0.05, 0.1) is 5.92 Å². The molecule has 0 aliphatic heterocycles. The summed E-state index contributed by atoms with van der Waals surface area (Å²) in [5, 5.41) is 0. The SMILES string of the molecule is CCCCC1(OC(=O)C(C)CC)CCC2CCCCC2C1. The van der Waals surface area contributed by atoms with Crippen molar-refractivity contribution in [3.05, 3.63) is 0 Å². The molecule has 21 heavy (non-hydrogen) atoms. The summed E-state index contributed by atoms with van der Waals surface area (Å²) >= 11 is 0. The largest absolute Gasteiger partial charge is 0.459 e. The maximum absolute atomic E-state index is 12.3. The van der Waals surface area contributed by atoms with Gasteiger partial charge in [-0.05, 0) is 50.4 Å². The third kappa shape index (κ3) is 4.23. The number of fused-ring (bicyclic) bond motifs is 1. The van der Waals surface area contributed by atoms with E-state index in [1.54, 1.807) is 0 Å². The second-order valence-corrected chi connectivity index (χ2v) is 7.56. The molecule has 2 saturated carbocycles. The van der Waals surface area contributed by atoms with Crippen LogP contribution in [0, 0.1) is 17.8 Å². The van der Waals surface area contributed by atoms with Gasteiger partial charge in [-0.1, -0.05) is 52.9 Å². The van der Waals surface area contributed by atoms with Crippen molar-refractivity contribution in [1.29, 1.82) is 0 Å². The second-order valence-electron chi connectivity index (χ2n) is 7.56. The number of esters is 1. The highest BCUT2D eigenvalue weighted by molar-refractivity contribution is 5.72. The summed E-state index contributed by atoms with van der Waals surface area (Å²) in [6.45, 7) is 6.31. The topological polar surface area (TPSA) is 26.3 Å². The zero-order valence-electron chi connectivity index (χ0n) is 14.3. The van der Waals surface area contributed by atoms with Crippen LogP contribution in [0.4, 0.5) is 0 Å². The molecule has 2 heteroatoms. The Bertz CT molecular complexity index is 338. The minimum Gasteiger partial charge on any atom is -0.459 e. The first-order valence-corrected chi connectivity index (χ1v) is 9.33. The van der Waals surface area contributed by atoms with Gasteiger partial charge < -0.3 is 4.74 Å². The van der Waals surface area contributed by atoms with E-state index >= 15 is 0 Å². The lowest BCUT2D eigenvalue weighted by Crippen LogP contribution is -2.44. The Hall–Kier alpha value is -0.530. The van der Waals surface area contributed by atoms with Gasteiger partial charge in [0.1, 0.15) is 5.60 Å². The van der Waals surface area contributed by atoms with Crippen molar-refractivity contribution in [3.8, 4) is 0 Å². The van der Waals surface area contributed by atoms with Gasteiger partial charge in [0, 0.05) is 0 Å². The highest BCUT2D eigenvalue weighted by Gasteiger charge is 2.44. The minimum atomic E-state index is -0.130. The molecule has 4 unspecified atom stereocenters. The Kier molecular flexibility index (Phi) is 6.13. The van der Waals surface area contributed by atoms with Crippen LogP contribution in [-0.2, 0) is 9.53 Å². The molecule has 2 aliphatic carbocycles. The van der Waals surface area contributed by atoms with Crippen LogP contribution in [0.2, 0.25) is 0 Å². The molecule has 2 nitrogen and oxygen atoms in total. The molecule has 4 atom stereocenters. The van der Waals surface area contributed by atoms with E-state index in [0.717, 1.165) is 37.5 Å². The number of carbonyl (C=O) groups is 1. The van der Waals surface area contributed by atoms with Crippen molar-refractivity contribution >= 4 is 5.97 Å². The fraction of sp³-hybridized carbons (Fsp3) is 0.947. The van der Waals surface area contributed by atoms with Crippen molar-refractivity contribution in [3.63, 3.8) is 0 Å². The molecule has 0 aromatic rings. The fourth-order valence-corrected chi connectivity index (χ4v) is 4.31. The Morgan fingerprint density at radius 3 is 2.57 bits per heavy atom. The third-order valence-corrected chi connectivity index (χ3v) is 5.99. The lowest BCUT2D eigenvalue weighted by Gasteiger charge is -2.46. The average Bonchev–Trinajstić information content (AvgIpc) is 2.52. The molecule has 0 amide bonds. The van der Waals surface area contributed by atoms with Crippen molar-refractivity contribution in [1.82, 2.24) is 0 Å². The van der Waals surface area contributed by atoms with Crippen LogP contribution < -0.4 is 0 Å². The van der Waals surface area contributed by atoms with Crippen LogP contribution in [0.15, 0.2) is 0 Å². The maximum Gasteiger partial charge on any atom is 0.309 e. The van der Waals surface area contributed by atoms with Gasteiger partial charge in [0.15, 0.2) is 0 Å². The van der Waals surface area contributed by atoms with E-state index in [1.807, 2.05) is 6.92 Å². The third-order valence-electron chi connectivity index (χ3n) is 5.99. The van der Waals surface area contributed by atoms with Crippen molar-refractivity contribution in [2.75, 3.05) is 0 Å². The van der Waals surface area contributed by atoms with E-state index < -0.39 is 0 Å². The first kappa shape index (κ1) is 16.8. The smallest absolute Gasteiger partial charge is 0.309 e. The Balaban J connectivity index is 2.04. The van der Waals surface area contributed by atoms with E-state index in [9.17, 15) is 4.79 Å². The molecule has 0 saturated heterocycles. The van der Waals surface area contributed by atoms with Gasteiger partial charge >= 0.3 is 5.97 Å². The zero-order chi connectivity index (χ0) is 15.3. The first-order chi connectivity index (χ1) is 10.1. The molecule has 0 aromatic carbocycles. The number of rotatable bonds is 6. The van der Waals surface area contributed by atoms with Crippen LogP contribution in [0.25, 0.3) is 0 Å². The van der Waals surface area contributed by atoms with Gasteiger partial charge in [-0.2, -0.15) is 0 Å². The van der Waals surface area contributed by atoms with E-state index in [2.05, 4.69) is 13.8 Å². The molecule has 0 aromatic heterocycles.